The SMILES string of the molecule is CCNC1CCCN(CCOc2ccccc2)C1. The van der Waals surface area contributed by atoms with E-state index in [1.54, 1.807) is 0 Å². The summed E-state index contributed by atoms with van der Waals surface area (Å²) in [6.45, 7) is 7.42. The zero-order valence-corrected chi connectivity index (χ0v) is 11.3. The van der Waals surface area contributed by atoms with Gasteiger partial charge in [0.1, 0.15) is 12.4 Å². The first-order chi connectivity index (χ1) is 8.88. The molecular weight excluding hydrogens is 224 g/mol. The number of likely N-dealkylation sites (tertiary alicyclic amines) is 1. The number of piperidine rings is 1. The van der Waals surface area contributed by atoms with Crippen molar-refractivity contribution in [3.63, 3.8) is 0 Å². The molecule has 3 heteroatoms. The fourth-order valence-electron chi connectivity index (χ4n) is 2.52. The van der Waals surface area contributed by atoms with E-state index in [9.17, 15) is 0 Å². The summed E-state index contributed by atoms with van der Waals surface area (Å²) < 4.78 is 5.74. The maximum Gasteiger partial charge on any atom is 0.119 e. The average Bonchev–Trinajstić information content (AvgIpc) is 2.41. The van der Waals surface area contributed by atoms with Crippen LogP contribution in [-0.2, 0) is 0 Å². The summed E-state index contributed by atoms with van der Waals surface area (Å²) in [6, 6.07) is 10.7. The monoisotopic (exact) mass is 248 g/mol. The Balaban J connectivity index is 1.67. The van der Waals surface area contributed by atoms with Gasteiger partial charge in [-0.05, 0) is 38.1 Å². The van der Waals surface area contributed by atoms with Crippen molar-refractivity contribution in [1.82, 2.24) is 10.2 Å². The molecule has 1 unspecified atom stereocenters. The fraction of sp³-hybridized carbons (Fsp3) is 0.600. The zero-order valence-electron chi connectivity index (χ0n) is 11.3. The number of hydrogen-bond acceptors (Lipinski definition) is 3. The summed E-state index contributed by atoms with van der Waals surface area (Å²) in [4.78, 5) is 2.50. The van der Waals surface area contributed by atoms with Crippen molar-refractivity contribution >= 4 is 0 Å². The number of nitrogens with zero attached hydrogens (tertiary/aromatic N) is 1. The molecule has 1 aliphatic heterocycles. The van der Waals surface area contributed by atoms with Gasteiger partial charge in [-0.25, -0.2) is 0 Å². The van der Waals surface area contributed by atoms with Crippen LogP contribution in [0.1, 0.15) is 19.8 Å². The van der Waals surface area contributed by atoms with Crippen molar-refractivity contribution in [2.24, 2.45) is 0 Å². The van der Waals surface area contributed by atoms with E-state index in [4.69, 9.17) is 4.74 Å². The Morgan fingerprint density at radius 2 is 2.17 bits per heavy atom. The van der Waals surface area contributed by atoms with Gasteiger partial charge in [-0.2, -0.15) is 0 Å². The topological polar surface area (TPSA) is 24.5 Å². The third kappa shape index (κ3) is 4.31. The molecule has 3 nitrogen and oxygen atoms in total. The molecule has 1 aromatic carbocycles. The van der Waals surface area contributed by atoms with Crippen LogP contribution in [0.15, 0.2) is 30.3 Å². The molecule has 0 amide bonds. The summed E-state index contributed by atoms with van der Waals surface area (Å²) in [6.07, 6.45) is 2.60. The van der Waals surface area contributed by atoms with Crippen LogP contribution in [0.5, 0.6) is 5.75 Å². The van der Waals surface area contributed by atoms with Crippen LogP contribution in [0.2, 0.25) is 0 Å². The van der Waals surface area contributed by atoms with Crippen molar-refractivity contribution < 1.29 is 4.74 Å². The van der Waals surface area contributed by atoms with Gasteiger partial charge < -0.3 is 10.1 Å². The minimum Gasteiger partial charge on any atom is -0.492 e. The second kappa shape index (κ2) is 7.39. The van der Waals surface area contributed by atoms with Gasteiger partial charge >= 0.3 is 0 Å². The van der Waals surface area contributed by atoms with Gasteiger partial charge in [-0.15, -0.1) is 0 Å². The number of nitrogens with one attached hydrogen (secondary N) is 1. The lowest BCUT2D eigenvalue weighted by Crippen LogP contribution is -2.46. The van der Waals surface area contributed by atoms with Crippen LogP contribution in [0.3, 0.4) is 0 Å². The van der Waals surface area contributed by atoms with E-state index < -0.39 is 0 Å². The predicted octanol–water partition coefficient (Wildman–Crippen LogP) is 2.14. The molecule has 0 spiro atoms. The smallest absolute Gasteiger partial charge is 0.119 e. The molecule has 1 aliphatic rings. The van der Waals surface area contributed by atoms with E-state index in [-0.39, 0.29) is 0 Å². The van der Waals surface area contributed by atoms with Gasteiger partial charge in [-0.1, -0.05) is 25.1 Å². The summed E-state index contributed by atoms with van der Waals surface area (Å²) in [5.74, 6) is 0.970. The predicted molar refractivity (Wildman–Crippen MR) is 75.1 cm³/mol. The van der Waals surface area contributed by atoms with Crippen LogP contribution in [0.4, 0.5) is 0 Å². The Morgan fingerprint density at radius 1 is 1.33 bits per heavy atom. The zero-order chi connectivity index (χ0) is 12.6. The van der Waals surface area contributed by atoms with E-state index in [1.165, 1.54) is 19.4 Å². The number of para-hydroxylation sites is 1. The van der Waals surface area contributed by atoms with E-state index in [1.807, 2.05) is 30.3 Å². The first kappa shape index (κ1) is 13.4. The van der Waals surface area contributed by atoms with E-state index >= 15 is 0 Å². The molecule has 0 aliphatic carbocycles. The minimum atomic E-state index is 0.667. The Morgan fingerprint density at radius 3 is 2.94 bits per heavy atom. The third-order valence-corrected chi connectivity index (χ3v) is 3.42. The lowest BCUT2D eigenvalue weighted by molar-refractivity contribution is 0.160. The Hall–Kier alpha value is -1.06. The van der Waals surface area contributed by atoms with Crippen molar-refractivity contribution in [2.45, 2.75) is 25.8 Å². The largest absolute Gasteiger partial charge is 0.492 e. The first-order valence-corrected chi connectivity index (χ1v) is 7.02. The van der Waals surface area contributed by atoms with E-state index in [0.717, 1.165) is 32.0 Å². The number of ether oxygens (including phenoxy) is 1. The van der Waals surface area contributed by atoms with Gasteiger partial charge in [0.15, 0.2) is 0 Å². The highest BCUT2D eigenvalue weighted by atomic mass is 16.5. The quantitative estimate of drug-likeness (QED) is 0.835. The minimum absolute atomic E-state index is 0.667. The van der Waals surface area contributed by atoms with Crippen LogP contribution >= 0.6 is 0 Å². The Labute approximate surface area is 110 Å². The molecular formula is C15H24N2O. The van der Waals surface area contributed by atoms with Gasteiger partial charge in [0.05, 0.1) is 0 Å². The number of likely N-dealkylation sites (N-methyl/N-ethyl adjacent to an activating group) is 1. The molecule has 1 N–H and O–H groups in total. The average molecular weight is 248 g/mol. The Kier molecular flexibility index (Phi) is 5.49. The molecule has 1 heterocycles. The van der Waals surface area contributed by atoms with Crippen LogP contribution in [0, 0.1) is 0 Å². The highest BCUT2D eigenvalue weighted by Crippen LogP contribution is 2.11. The number of benzene rings is 1. The molecule has 0 bridgehead atoms. The Bertz CT molecular complexity index is 327. The normalized spacial score (nSPS) is 20.8. The maximum absolute atomic E-state index is 5.74. The van der Waals surface area contributed by atoms with Gasteiger partial charge in [0.25, 0.3) is 0 Å². The van der Waals surface area contributed by atoms with E-state index in [0.29, 0.717) is 6.04 Å². The maximum atomic E-state index is 5.74. The molecule has 1 atom stereocenters. The molecule has 100 valence electrons. The molecule has 2 rings (SSSR count). The van der Waals surface area contributed by atoms with Crippen molar-refractivity contribution in [2.75, 3.05) is 32.8 Å². The van der Waals surface area contributed by atoms with E-state index in [2.05, 4.69) is 17.1 Å². The molecule has 1 saturated heterocycles. The van der Waals surface area contributed by atoms with Crippen molar-refractivity contribution in [3.8, 4) is 5.75 Å². The highest BCUT2D eigenvalue weighted by Gasteiger charge is 2.18. The molecule has 1 fully saturated rings. The van der Waals surface area contributed by atoms with Crippen LogP contribution < -0.4 is 10.1 Å². The molecule has 1 aromatic rings. The summed E-state index contributed by atoms with van der Waals surface area (Å²) in [7, 11) is 0. The third-order valence-electron chi connectivity index (χ3n) is 3.42. The summed E-state index contributed by atoms with van der Waals surface area (Å²) >= 11 is 0. The lowest BCUT2D eigenvalue weighted by Gasteiger charge is -2.32. The van der Waals surface area contributed by atoms with Crippen LogP contribution in [-0.4, -0.2) is 43.7 Å². The van der Waals surface area contributed by atoms with Gasteiger partial charge in [0.2, 0.25) is 0 Å². The summed E-state index contributed by atoms with van der Waals surface area (Å²) in [5.41, 5.74) is 0. The number of hydrogen-bond donors (Lipinski definition) is 1. The van der Waals surface area contributed by atoms with Crippen LogP contribution in [0.25, 0.3) is 0 Å². The molecule has 0 saturated carbocycles. The lowest BCUT2D eigenvalue weighted by atomic mass is 10.1. The van der Waals surface area contributed by atoms with Gasteiger partial charge in [-0.3, -0.25) is 4.90 Å². The molecule has 0 radical (unpaired) electrons. The first-order valence-electron chi connectivity index (χ1n) is 7.02. The standard InChI is InChI=1S/C15H24N2O/c1-2-16-14-7-6-10-17(13-14)11-12-18-15-8-4-3-5-9-15/h3-5,8-9,14,16H,2,6-7,10-13H2,1H3. The fourth-order valence-corrected chi connectivity index (χ4v) is 2.52. The second-order valence-corrected chi connectivity index (χ2v) is 4.86. The summed E-state index contributed by atoms with van der Waals surface area (Å²) in [5, 5.41) is 3.54. The van der Waals surface area contributed by atoms with Crippen molar-refractivity contribution in [1.29, 1.82) is 0 Å². The second-order valence-electron chi connectivity index (χ2n) is 4.86. The van der Waals surface area contributed by atoms with Crippen molar-refractivity contribution in [3.05, 3.63) is 30.3 Å². The highest BCUT2D eigenvalue weighted by molar-refractivity contribution is 5.20. The molecule has 18 heavy (non-hydrogen) atoms. The van der Waals surface area contributed by atoms with Gasteiger partial charge in [0, 0.05) is 19.1 Å². The molecule has 0 aromatic heterocycles. The number of rotatable bonds is 6.